The van der Waals surface area contributed by atoms with Crippen molar-refractivity contribution in [3.05, 3.63) is 29.5 Å². The summed E-state index contributed by atoms with van der Waals surface area (Å²) in [6.07, 6.45) is 2.49. The molecule has 0 aliphatic carbocycles. The summed E-state index contributed by atoms with van der Waals surface area (Å²) in [5.41, 5.74) is 6.52. The number of benzene rings is 1. The van der Waals surface area contributed by atoms with Crippen molar-refractivity contribution in [3.8, 4) is 5.75 Å². The highest BCUT2D eigenvalue weighted by Gasteiger charge is 2.14. The van der Waals surface area contributed by atoms with E-state index in [1.165, 1.54) is 0 Å². The Balaban J connectivity index is 2.08. The van der Waals surface area contributed by atoms with Crippen LogP contribution in [0.15, 0.2) is 22.6 Å². The lowest BCUT2D eigenvalue weighted by Gasteiger charge is -2.08. The Morgan fingerprint density at radius 2 is 2.35 bits per heavy atom. The maximum atomic E-state index is 10.8. The van der Waals surface area contributed by atoms with E-state index < -0.39 is 0 Å². The van der Waals surface area contributed by atoms with Crippen molar-refractivity contribution >= 4 is 23.2 Å². The average molecular weight is 274 g/mol. The van der Waals surface area contributed by atoms with Gasteiger partial charge in [-0.15, -0.1) is 0 Å². The van der Waals surface area contributed by atoms with Crippen LogP contribution in [0.2, 0.25) is 0 Å². The second-order valence-electron chi connectivity index (χ2n) is 4.33. The molecule has 0 aliphatic rings. The van der Waals surface area contributed by atoms with Crippen LogP contribution in [-0.4, -0.2) is 25.4 Å². The summed E-state index contributed by atoms with van der Waals surface area (Å²) in [6.45, 7) is 2.85. The van der Waals surface area contributed by atoms with Gasteiger partial charge in [0.2, 0.25) is 0 Å². The van der Waals surface area contributed by atoms with Gasteiger partial charge in [-0.05, 0) is 25.5 Å². The van der Waals surface area contributed by atoms with Crippen LogP contribution in [0.1, 0.15) is 17.7 Å². The van der Waals surface area contributed by atoms with Gasteiger partial charge in [0.25, 0.3) is 6.29 Å². The van der Waals surface area contributed by atoms with Crippen LogP contribution in [0.3, 0.4) is 0 Å². The van der Waals surface area contributed by atoms with Crippen LogP contribution in [0, 0.1) is 12.3 Å². The molecule has 0 bridgehead atoms. The van der Waals surface area contributed by atoms with Crippen molar-refractivity contribution in [1.29, 1.82) is 5.41 Å². The molecule has 0 spiro atoms. The minimum atomic E-state index is -0.0519. The largest absolute Gasteiger partial charge is 0.493 e. The topological polar surface area (TPSA) is 101 Å². The predicted molar refractivity (Wildman–Crippen MR) is 75.8 cm³/mol. The lowest BCUT2D eigenvalue weighted by molar-refractivity contribution is 0.314. The number of nitrogens with two attached hydrogens (primary N) is 1. The van der Waals surface area contributed by atoms with Gasteiger partial charge >= 0.3 is 0 Å². The number of nitrogens with one attached hydrogen (secondary N) is 2. The zero-order chi connectivity index (χ0) is 14.5. The molecule has 6 heteroatoms. The van der Waals surface area contributed by atoms with Crippen LogP contribution < -0.4 is 15.8 Å². The fourth-order valence-corrected chi connectivity index (χ4v) is 1.96. The van der Waals surface area contributed by atoms with E-state index in [0.29, 0.717) is 30.9 Å². The molecule has 0 saturated heterocycles. The summed E-state index contributed by atoms with van der Waals surface area (Å²) in [4.78, 5) is 10.8. The van der Waals surface area contributed by atoms with Gasteiger partial charge in [0.1, 0.15) is 11.3 Å². The molecule has 6 nitrogen and oxygen atoms in total. The molecule has 1 heterocycles. The highest BCUT2D eigenvalue weighted by molar-refractivity contribution is 5.93. The molecule has 20 heavy (non-hydrogen) atoms. The van der Waals surface area contributed by atoms with Gasteiger partial charge in [0.15, 0.2) is 11.7 Å². The van der Waals surface area contributed by atoms with E-state index >= 15 is 0 Å². The molecular formula is C14H16N3O3. The van der Waals surface area contributed by atoms with Gasteiger partial charge in [0, 0.05) is 12.1 Å². The Morgan fingerprint density at radius 1 is 1.55 bits per heavy atom. The van der Waals surface area contributed by atoms with Gasteiger partial charge in [0.05, 0.1) is 12.0 Å². The van der Waals surface area contributed by atoms with E-state index in [1.807, 2.05) is 12.1 Å². The lowest BCUT2D eigenvalue weighted by atomic mass is 10.1. The molecule has 0 saturated carbocycles. The number of aryl methyl sites for hydroxylation is 1. The van der Waals surface area contributed by atoms with Crippen LogP contribution >= 0.6 is 0 Å². The minimum Gasteiger partial charge on any atom is -0.493 e. The first kappa shape index (κ1) is 13.9. The van der Waals surface area contributed by atoms with Crippen molar-refractivity contribution in [2.24, 2.45) is 5.73 Å². The zero-order valence-corrected chi connectivity index (χ0v) is 11.2. The summed E-state index contributed by atoms with van der Waals surface area (Å²) in [5.74, 6) is 0.825. The third-order valence-corrected chi connectivity index (χ3v) is 2.90. The number of guanidine groups is 1. The van der Waals surface area contributed by atoms with E-state index in [-0.39, 0.29) is 11.7 Å². The monoisotopic (exact) mass is 274 g/mol. The van der Waals surface area contributed by atoms with E-state index in [4.69, 9.17) is 20.3 Å². The Labute approximate surface area is 116 Å². The van der Waals surface area contributed by atoms with Crippen LogP contribution in [0.4, 0.5) is 0 Å². The molecule has 0 fully saturated rings. The molecule has 1 aromatic carbocycles. The summed E-state index contributed by atoms with van der Waals surface area (Å²) in [7, 11) is 0. The second-order valence-corrected chi connectivity index (χ2v) is 4.33. The molecular weight excluding hydrogens is 258 g/mol. The number of hydrogen-bond acceptors (Lipinski definition) is 4. The normalized spacial score (nSPS) is 10.4. The summed E-state index contributed by atoms with van der Waals surface area (Å²) >= 11 is 0. The Morgan fingerprint density at radius 3 is 3.05 bits per heavy atom. The van der Waals surface area contributed by atoms with E-state index in [9.17, 15) is 4.79 Å². The van der Waals surface area contributed by atoms with Gasteiger partial charge in [-0.25, -0.2) is 0 Å². The summed E-state index contributed by atoms with van der Waals surface area (Å²) in [6, 6.07) is 5.42. The van der Waals surface area contributed by atoms with E-state index in [2.05, 4.69) is 5.32 Å². The molecule has 0 aliphatic heterocycles. The third kappa shape index (κ3) is 2.90. The second kappa shape index (κ2) is 6.10. The van der Waals surface area contributed by atoms with Crippen molar-refractivity contribution in [1.82, 2.24) is 5.32 Å². The molecule has 105 valence electrons. The molecule has 0 atom stereocenters. The Hall–Kier alpha value is -2.50. The van der Waals surface area contributed by atoms with E-state index in [0.717, 1.165) is 10.9 Å². The molecule has 0 amide bonds. The molecule has 2 rings (SSSR count). The van der Waals surface area contributed by atoms with Gasteiger partial charge in [-0.1, -0.05) is 6.07 Å². The van der Waals surface area contributed by atoms with Crippen molar-refractivity contribution in [2.45, 2.75) is 13.3 Å². The smallest absolute Gasteiger partial charge is 0.272 e. The zero-order valence-electron chi connectivity index (χ0n) is 11.2. The molecule has 2 aromatic rings. The Bertz CT molecular complexity index is 634. The standard InChI is InChI=1S/C14H16N3O3/c1-9-12(8-18)20-11-5-2-4-10(13(9)11)19-7-3-6-17-14(15)16/h2,4-5H,3,6-7H2,1H3,(H4,15,16,17). The first-order valence-electron chi connectivity index (χ1n) is 6.24. The first-order valence-corrected chi connectivity index (χ1v) is 6.24. The van der Waals surface area contributed by atoms with Crippen molar-refractivity contribution < 1.29 is 13.9 Å². The SMILES string of the molecule is Cc1c([C]=O)oc2cccc(OCCCNC(=N)N)c12. The fraction of sp³-hybridized carbons (Fsp3) is 0.286. The average Bonchev–Trinajstić information content (AvgIpc) is 2.75. The number of carbonyl (C=O) groups excluding carboxylic acids is 1. The van der Waals surface area contributed by atoms with Crippen LogP contribution in [0.5, 0.6) is 5.75 Å². The molecule has 1 radical (unpaired) electrons. The van der Waals surface area contributed by atoms with Gasteiger partial charge in [-0.2, -0.15) is 0 Å². The number of hydrogen-bond donors (Lipinski definition) is 3. The first-order chi connectivity index (χ1) is 9.63. The third-order valence-electron chi connectivity index (χ3n) is 2.90. The number of furan rings is 1. The predicted octanol–water partition coefficient (Wildman–Crippen LogP) is 1.45. The number of rotatable bonds is 6. The van der Waals surface area contributed by atoms with Crippen LogP contribution in [0.25, 0.3) is 11.0 Å². The summed E-state index contributed by atoms with van der Waals surface area (Å²) < 4.78 is 11.1. The fourth-order valence-electron chi connectivity index (χ4n) is 1.96. The quantitative estimate of drug-likeness (QED) is 0.420. The minimum absolute atomic E-state index is 0.0519. The van der Waals surface area contributed by atoms with Gasteiger partial charge in [-0.3, -0.25) is 10.2 Å². The lowest BCUT2D eigenvalue weighted by Crippen LogP contribution is -2.31. The highest BCUT2D eigenvalue weighted by Crippen LogP contribution is 2.32. The Kier molecular flexibility index (Phi) is 4.24. The van der Waals surface area contributed by atoms with Crippen molar-refractivity contribution in [2.75, 3.05) is 13.2 Å². The van der Waals surface area contributed by atoms with Crippen molar-refractivity contribution in [3.63, 3.8) is 0 Å². The molecule has 1 aromatic heterocycles. The maximum Gasteiger partial charge on any atom is 0.272 e. The van der Waals surface area contributed by atoms with E-state index in [1.54, 1.807) is 19.3 Å². The number of ether oxygens (including phenoxy) is 1. The number of fused-ring (bicyclic) bond motifs is 1. The van der Waals surface area contributed by atoms with Gasteiger partial charge < -0.3 is 20.2 Å². The highest BCUT2D eigenvalue weighted by atomic mass is 16.5. The maximum absolute atomic E-state index is 10.8. The van der Waals surface area contributed by atoms with Crippen LogP contribution in [-0.2, 0) is 4.79 Å². The summed E-state index contributed by atoms with van der Waals surface area (Å²) in [5, 5.41) is 10.5. The molecule has 4 N–H and O–H groups in total. The molecule has 0 unspecified atom stereocenters.